The predicted molar refractivity (Wildman–Crippen MR) is 104 cm³/mol. The zero-order valence-corrected chi connectivity index (χ0v) is 15.1. The fourth-order valence-corrected chi connectivity index (χ4v) is 3.26. The van der Waals surface area contributed by atoms with Crippen molar-refractivity contribution in [3.63, 3.8) is 0 Å². The van der Waals surface area contributed by atoms with Gasteiger partial charge in [-0.15, -0.1) is 0 Å². The Morgan fingerprint density at radius 2 is 2.04 bits per heavy atom. The van der Waals surface area contributed by atoms with Crippen molar-refractivity contribution in [1.29, 1.82) is 0 Å². The highest BCUT2D eigenvalue weighted by molar-refractivity contribution is 5.89. The van der Waals surface area contributed by atoms with Crippen molar-refractivity contribution in [2.45, 2.75) is 12.5 Å². The summed E-state index contributed by atoms with van der Waals surface area (Å²) in [5.41, 5.74) is 1.56. The van der Waals surface area contributed by atoms with Gasteiger partial charge in [-0.25, -0.2) is 4.79 Å². The average molecular weight is 363 g/mol. The topological polar surface area (TPSA) is 63.7 Å². The molecule has 2 aromatic carbocycles. The average Bonchev–Trinajstić information content (AvgIpc) is 3.17. The number of nitrogens with one attached hydrogen (secondary N) is 1. The van der Waals surface area contributed by atoms with Crippen molar-refractivity contribution in [3.05, 3.63) is 60.8 Å². The van der Waals surface area contributed by atoms with Crippen molar-refractivity contribution in [1.82, 2.24) is 9.88 Å². The number of carbonyl (C=O) groups is 1. The maximum Gasteiger partial charge on any atom is 0.321 e. The Bertz CT molecular complexity index is 955. The Morgan fingerprint density at radius 3 is 2.93 bits per heavy atom. The Labute approximate surface area is 157 Å². The van der Waals surface area contributed by atoms with Gasteiger partial charge in [0.15, 0.2) is 0 Å². The molecule has 0 radical (unpaired) electrons. The third-order valence-electron chi connectivity index (χ3n) is 4.64. The molecule has 1 unspecified atom stereocenters. The number of pyridine rings is 1. The molecule has 6 heteroatoms. The van der Waals surface area contributed by atoms with E-state index in [0.717, 1.165) is 23.1 Å². The lowest BCUT2D eigenvalue weighted by Crippen LogP contribution is -2.34. The van der Waals surface area contributed by atoms with E-state index in [0.29, 0.717) is 24.5 Å². The number of anilines is 1. The molecule has 0 aliphatic carbocycles. The van der Waals surface area contributed by atoms with E-state index in [-0.39, 0.29) is 12.1 Å². The maximum atomic E-state index is 12.5. The number of benzene rings is 2. The van der Waals surface area contributed by atoms with Gasteiger partial charge in [0, 0.05) is 36.3 Å². The third-order valence-corrected chi connectivity index (χ3v) is 4.64. The second-order valence-corrected chi connectivity index (χ2v) is 6.47. The summed E-state index contributed by atoms with van der Waals surface area (Å²) in [6, 6.07) is 17.0. The van der Waals surface area contributed by atoms with Crippen LogP contribution in [-0.2, 0) is 0 Å². The van der Waals surface area contributed by atoms with E-state index < -0.39 is 0 Å². The number of urea groups is 1. The number of para-hydroxylation sites is 1. The molecule has 27 heavy (non-hydrogen) atoms. The molecule has 1 atom stereocenters. The van der Waals surface area contributed by atoms with Gasteiger partial charge in [-0.2, -0.15) is 0 Å². The first kappa shape index (κ1) is 17.1. The Morgan fingerprint density at radius 1 is 1.19 bits per heavy atom. The normalized spacial score (nSPS) is 16.3. The fraction of sp³-hybridized carbons (Fsp3) is 0.238. The van der Waals surface area contributed by atoms with E-state index in [9.17, 15) is 4.79 Å². The van der Waals surface area contributed by atoms with Crippen LogP contribution in [0.4, 0.5) is 10.5 Å². The first-order valence-corrected chi connectivity index (χ1v) is 8.93. The van der Waals surface area contributed by atoms with Gasteiger partial charge in [0.05, 0.1) is 13.7 Å². The molecule has 2 amide bonds. The van der Waals surface area contributed by atoms with Crippen LogP contribution in [0.1, 0.15) is 6.42 Å². The minimum Gasteiger partial charge on any atom is -0.497 e. The number of nitrogens with zero attached hydrogens (tertiary/aromatic N) is 2. The quantitative estimate of drug-likeness (QED) is 0.763. The van der Waals surface area contributed by atoms with Crippen LogP contribution in [-0.4, -0.2) is 42.2 Å². The zero-order valence-electron chi connectivity index (χ0n) is 15.1. The minimum absolute atomic E-state index is 0.0475. The summed E-state index contributed by atoms with van der Waals surface area (Å²) in [6.45, 7) is 1.19. The molecule has 3 aromatic rings. The number of hydrogen-bond donors (Lipinski definition) is 1. The highest BCUT2D eigenvalue weighted by atomic mass is 16.5. The molecular formula is C21H21N3O3. The van der Waals surface area contributed by atoms with Crippen molar-refractivity contribution in [2.75, 3.05) is 25.5 Å². The summed E-state index contributed by atoms with van der Waals surface area (Å²) in [6.07, 6.45) is 2.50. The molecule has 1 saturated heterocycles. The van der Waals surface area contributed by atoms with Gasteiger partial charge in [0.25, 0.3) is 0 Å². The molecule has 2 heterocycles. The molecule has 0 bridgehead atoms. The van der Waals surface area contributed by atoms with E-state index in [4.69, 9.17) is 9.47 Å². The summed E-state index contributed by atoms with van der Waals surface area (Å²) in [4.78, 5) is 18.7. The number of rotatable bonds is 4. The highest BCUT2D eigenvalue weighted by Crippen LogP contribution is 2.26. The fourth-order valence-electron chi connectivity index (χ4n) is 3.26. The van der Waals surface area contributed by atoms with Crippen molar-refractivity contribution >= 4 is 22.6 Å². The molecule has 6 nitrogen and oxygen atoms in total. The number of hydrogen-bond acceptors (Lipinski definition) is 4. The molecular weight excluding hydrogens is 342 g/mol. The second kappa shape index (κ2) is 7.53. The van der Waals surface area contributed by atoms with Gasteiger partial charge < -0.3 is 19.7 Å². The van der Waals surface area contributed by atoms with Gasteiger partial charge in [0.2, 0.25) is 0 Å². The minimum atomic E-state index is -0.134. The third kappa shape index (κ3) is 3.79. The van der Waals surface area contributed by atoms with Crippen LogP contribution in [0.3, 0.4) is 0 Å². The molecule has 0 spiro atoms. The van der Waals surface area contributed by atoms with E-state index in [1.54, 1.807) is 24.3 Å². The molecule has 0 saturated carbocycles. The molecule has 1 fully saturated rings. The van der Waals surface area contributed by atoms with Crippen LogP contribution in [0.25, 0.3) is 10.9 Å². The number of aromatic nitrogens is 1. The lowest BCUT2D eigenvalue weighted by Gasteiger charge is -2.18. The van der Waals surface area contributed by atoms with Crippen LogP contribution < -0.4 is 14.8 Å². The van der Waals surface area contributed by atoms with Gasteiger partial charge in [-0.05, 0) is 24.3 Å². The predicted octanol–water partition coefficient (Wildman–Crippen LogP) is 3.93. The smallest absolute Gasteiger partial charge is 0.321 e. The number of methoxy groups -OCH3 is 1. The van der Waals surface area contributed by atoms with E-state index in [1.165, 1.54) is 0 Å². The monoisotopic (exact) mass is 363 g/mol. The Kier molecular flexibility index (Phi) is 4.78. The summed E-state index contributed by atoms with van der Waals surface area (Å²) >= 11 is 0. The highest BCUT2D eigenvalue weighted by Gasteiger charge is 2.28. The SMILES string of the molecule is COc1cccc(NC(=O)N2CCC(Oc3cccc4cccnc34)C2)c1. The number of amides is 2. The number of ether oxygens (including phenoxy) is 2. The summed E-state index contributed by atoms with van der Waals surface area (Å²) < 4.78 is 11.3. The molecule has 1 aromatic heterocycles. The van der Waals surface area contributed by atoms with E-state index in [2.05, 4.69) is 10.3 Å². The first-order valence-electron chi connectivity index (χ1n) is 8.93. The summed E-state index contributed by atoms with van der Waals surface area (Å²) in [7, 11) is 1.60. The molecule has 1 aliphatic heterocycles. The first-order chi connectivity index (χ1) is 13.2. The van der Waals surface area contributed by atoms with Crippen molar-refractivity contribution in [3.8, 4) is 11.5 Å². The van der Waals surface area contributed by atoms with Crippen LogP contribution in [0, 0.1) is 0 Å². The number of fused-ring (bicyclic) bond motifs is 1. The lowest BCUT2D eigenvalue weighted by molar-refractivity contribution is 0.196. The van der Waals surface area contributed by atoms with Gasteiger partial charge in [-0.1, -0.05) is 24.3 Å². The van der Waals surface area contributed by atoms with Crippen LogP contribution in [0.2, 0.25) is 0 Å². The Hall–Kier alpha value is -3.28. The zero-order chi connectivity index (χ0) is 18.6. The van der Waals surface area contributed by atoms with Gasteiger partial charge in [-0.3, -0.25) is 4.98 Å². The second-order valence-electron chi connectivity index (χ2n) is 6.47. The van der Waals surface area contributed by atoms with E-state index in [1.807, 2.05) is 48.5 Å². The number of likely N-dealkylation sites (tertiary alicyclic amines) is 1. The van der Waals surface area contributed by atoms with Crippen molar-refractivity contribution < 1.29 is 14.3 Å². The maximum absolute atomic E-state index is 12.5. The molecule has 1 aliphatic rings. The molecule has 1 N–H and O–H groups in total. The van der Waals surface area contributed by atoms with Gasteiger partial charge in [0.1, 0.15) is 23.1 Å². The molecule has 138 valence electrons. The van der Waals surface area contributed by atoms with Gasteiger partial charge >= 0.3 is 6.03 Å². The van der Waals surface area contributed by atoms with Crippen molar-refractivity contribution in [2.24, 2.45) is 0 Å². The largest absolute Gasteiger partial charge is 0.497 e. The van der Waals surface area contributed by atoms with Crippen LogP contribution in [0.15, 0.2) is 60.8 Å². The van der Waals surface area contributed by atoms with Crippen LogP contribution >= 0.6 is 0 Å². The molecule has 4 rings (SSSR count). The van der Waals surface area contributed by atoms with Crippen LogP contribution in [0.5, 0.6) is 11.5 Å². The summed E-state index contributed by atoms with van der Waals surface area (Å²) in [5, 5.41) is 3.95. The lowest BCUT2D eigenvalue weighted by atomic mass is 10.2. The standard InChI is InChI=1S/C21H21N3O3/c1-26-17-8-3-7-16(13-17)23-21(25)24-12-10-18(14-24)27-19-9-2-5-15-6-4-11-22-20(15)19/h2-9,11,13,18H,10,12,14H2,1H3,(H,23,25). The van der Waals surface area contributed by atoms with E-state index >= 15 is 0 Å². The Balaban J connectivity index is 1.40. The summed E-state index contributed by atoms with van der Waals surface area (Å²) in [5.74, 6) is 1.46. The number of carbonyl (C=O) groups excluding carboxylic acids is 1.